The smallest absolute Gasteiger partial charge is 0.164 e. The predicted molar refractivity (Wildman–Crippen MR) is 69.7 cm³/mol. The maximum atomic E-state index is 5.40. The molecule has 0 unspecified atom stereocenters. The SMILES string of the molecule is COc1ccc(-c2ccccc2)c(C)c1OC. The van der Waals surface area contributed by atoms with Crippen LogP contribution in [0.15, 0.2) is 42.5 Å². The van der Waals surface area contributed by atoms with Crippen molar-refractivity contribution < 1.29 is 9.47 Å². The first-order chi connectivity index (χ1) is 8.27. The first-order valence-corrected chi connectivity index (χ1v) is 5.55. The third kappa shape index (κ3) is 2.11. The average molecular weight is 228 g/mol. The summed E-state index contributed by atoms with van der Waals surface area (Å²) < 4.78 is 10.7. The number of hydrogen-bond acceptors (Lipinski definition) is 2. The third-order valence-electron chi connectivity index (χ3n) is 2.88. The molecule has 0 radical (unpaired) electrons. The molecule has 2 rings (SSSR count). The van der Waals surface area contributed by atoms with Crippen molar-refractivity contribution in [2.24, 2.45) is 0 Å². The third-order valence-corrected chi connectivity index (χ3v) is 2.88. The normalized spacial score (nSPS) is 10.1. The van der Waals surface area contributed by atoms with Crippen molar-refractivity contribution in [3.63, 3.8) is 0 Å². The molecule has 0 aliphatic heterocycles. The Bertz CT molecular complexity index is 504. The summed E-state index contributed by atoms with van der Waals surface area (Å²) in [5, 5.41) is 0. The van der Waals surface area contributed by atoms with Crippen LogP contribution in [0.1, 0.15) is 5.56 Å². The first kappa shape index (κ1) is 11.5. The van der Waals surface area contributed by atoms with Crippen LogP contribution in [0.4, 0.5) is 0 Å². The lowest BCUT2D eigenvalue weighted by atomic mass is 9.99. The van der Waals surface area contributed by atoms with Crippen LogP contribution >= 0.6 is 0 Å². The van der Waals surface area contributed by atoms with E-state index in [1.807, 2.05) is 31.2 Å². The molecule has 0 aliphatic carbocycles. The van der Waals surface area contributed by atoms with Gasteiger partial charge in [-0.15, -0.1) is 0 Å². The van der Waals surface area contributed by atoms with Crippen LogP contribution in [-0.2, 0) is 0 Å². The van der Waals surface area contributed by atoms with Gasteiger partial charge in [0.25, 0.3) is 0 Å². The average Bonchev–Trinajstić information content (AvgIpc) is 2.39. The van der Waals surface area contributed by atoms with E-state index in [0.29, 0.717) is 0 Å². The van der Waals surface area contributed by atoms with Gasteiger partial charge in [0.1, 0.15) is 0 Å². The fourth-order valence-electron chi connectivity index (χ4n) is 2.01. The number of rotatable bonds is 3. The summed E-state index contributed by atoms with van der Waals surface area (Å²) in [4.78, 5) is 0. The molecule has 0 heterocycles. The molecular formula is C15H16O2. The lowest BCUT2D eigenvalue weighted by Gasteiger charge is -2.14. The second kappa shape index (κ2) is 4.91. The number of methoxy groups -OCH3 is 2. The van der Waals surface area contributed by atoms with E-state index in [0.717, 1.165) is 17.1 Å². The van der Waals surface area contributed by atoms with Crippen molar-refractivity contribution in [1.29, 1.82) is 0 Å². The van der Waals surface area contributed by atoms with Gasteiger partial charge >= 0.3 is 0 Å². The minimum absolute atomic E-state index is 0.768. The molecule has 0 N–H and O–H groups in total. The predicted octanol–water partition coefficient (Wildman–Crippen LogP) is 3.68. The Hall–Kier alpha value is -1.96. The van der Waals surface area contributed by atoms with Crippen molar-refractivity contribution >= 4 is 0 Å². The van der Waals surface area contributed by atoms with Gasteiger partial charge in [-0.25, -0.2) is 0 Å². The monoisotopic (exact) mass is 228 g/mol. The molecule has 0 fully saturated rings. The molecule has 88 valence electrons. The van der Waals surface area contributed by atoms with Gasteiger partial charge in [0.2, 0.25) is 0 Å². The summed E-state index contributed by atoms with van der Waals surface area (Å²) in [6, 6.07) is 14.3. The summed E-state index contributed by atoms with van der Waals surface area (Å²) in [7, 11) is 3.32. The zero-order chi connectivity index (χ0) is 12.3. The van der Waals surface area contributed by atoms with Crippen LogP contribution in [0.25, 0.3) is 11.1 Å². The van der Waals surface area contributed by atoms with Gasteiger partial charge in [0, 0.05) is 5.56 Å². The summed E-state index contributed by atoms with van der Waals surface area (Å²) in [5.74, 6) is 1.57. The molecule has 0 saturated heterocycles. The highest BCUT2D eigenvalue weighted by atomic mass is 16.5. The number of hydrogen-bond donors (Lipinski definition) is 0. The molecular weight excluding hydrogens is 212 g/mol. The van der Waals surface area contributed by atoms with Crippen LogP contribution in [0.3, 0.4) is 0 Å². The Labute approximate surface area is 102 Å². The van der Waals surface area contributed by atoms with Crippen molar-refractivity contribution in [3.8, 4) is 22.6 Å². The van der Waals surface area contributed by atoms with E-state index in [-0.39, 0.29) is 0 Å². The minimum atomic E-state index is 0.768. The van der Waals surface area contributed by atoms with E-state index in [2.05, 4.69) is 18.2 Å². The van der Waals surface area contributed by atoms with E-state index in [4.69, 9.17) is 9.47 Å². The summed E-state index contributed by atoms with van der Waals surface area (Å²) in [5.41, 5.74) is 3.45. The van der Waals surface area contributed by atoms with Gasteiger partial charge in [-0.3, -0.25) is 0 Å². The Balaban J connectivity index is 2.57. The molecule has 2 nitrogen and oxygen atoms in total. The van der Waals surface area contributed by atoms with Crippen LogP contribution in [0, 0.1) is 6.92 Å². The fraction of sp³-hybridized carbons (Fsp3) is 0.200. The van der Waals surface area contributed by atoms with Crippen molar-refractivity contribution in [2.75, 3.05) is 14.2 Å². The van der Waals surface area contributed by atoms with Gasteiger partial charge in [-0.05, 0) is 24.1 Å². The van der Waals surface area contributed by atoms with Crippen molar-refractivity contribution in [2.45, 2.75) is 6.92 Å². The van der Waals surface area contributed by atoms with Crippen LogP contribution in [0.5, 0.6) is 11.5 Å². The molecule has 0 aliphatic rings. The van der Waals surface area contributed by atoms with Crippen LogP contribution < -0.4 is 9.47 Å². The molecule has 17 heavy (non-hydrogen) atoms. The summed E-state index contributed by atoms with van der Waals surface area (Å²) >= 11 is 0. The number of ether oxygens (including phenoxy) is 2. The fourth-order valence-corrected chi connectivity index (χ4v) is 2.01. The highest BCUT2D eigenvalue weighted by Crippen LogP contribution is 2.37. The summed E-state index contributed by atoms with van der Waals surface area (Å²) in [6.45, 7) is 2.05. The summed E-state index contributed by atoms with van der Waals surface area (Å²) in [6.07, 6.45) is 0. The molecule has 0 atom stereocenters. The minimum Gasteiger partial charge on any atom is -0.493 e. The highest BCUT2D eigenvalue weighted by molar-refractivity contribution is 5.72. The second-order valence-electron chi connectivity index (χ2n) is 3.84. The Morgan fingerprint density at radius 3 is 2.12 bits per heavy atom. The van der Waals surface area contributed by atoms with Crippen molar-refractivity contribution in [1.82, 2.24) is 0 Å². The van der Waals surface area contributed by atoms with Crippen molar-refractivity contribution in [3.05, 3.63) is 48.0 Å². The van der Waals surface area contributed by atoms with E-state index in [1.54, 1.807) is 14.2 Å². The lowest BCUT2D eigenvalue weighted by Crippen LogP contribution is -1.95. The van der Waals surface area contributed by atoms with Gasteiger partial charge < -0.3 is 9.47 Å². The van der Waals surface area contributed by atoms with Gasteiger partial charge in [-0.1, -0.05) is 36.4 Å². The quantitative estimate of drug-likeness (QED) is 0.797. The van der Waals surface area contributed by atoms with Crippen LogP contribution in [-0.4, -0.2) is 14.2 Å². The standard InChI is InChI=1S/C15H16O2/c1-11-13(12-7-5-4-6-8-12)9-10-14(16-2)15(11)17-3/h4-10H,1-3H3. The maximum Gasteiger partial charge on any atom is 0.164 e. The maximum absolute atomic E-state index is 5.40. The van der Waals surface area contributed by atoms with E-state index < -0.39 is 0 Å². The highest BCUT2D eigenvalue weighted by Gasteiger charge is 2.11. The molecule has 0 aromatic heterocycles. The molecule has 2 heteroatoms. The number of benzene rings is 2. The molecule has 2 aromatic rings. The van der Waals surface area contributed by atoms with Gasteiger partial charge in [0.05, 0.1) is 14.2 Å². The van der Waals surface area contributed by atoms with Gasteiger partial charge in [-0.2, -0.15) is 0 Å². The Kier molecular flexibility index (Phi) is 3.33. The zero-order valence-electron chi connectivity index (χ0n) is 10.4. The molecule has 0 amide bonds. The molecule has 2 aromatic carbocycles. The second-order valence-corrected chi connectivity index (χ2v) is 3.84. The lowest BCUT2D eigenvalue weighted by molar-refractivity contribution is 0.353. The van der Waals surface area contributed by atoms with E-state index in [9.17, 15) is 0 Å². The topological polar surface area (TPSA) is 18.5 Å². The molecule has 0 spiro atoms. The first-order valence-electron chi connectivity index (χ1n) is 5.55. The van der Waals surface area contributed by atoms with Gasteiger partial charge in [0.15, 0.2) is 11.5 Å². The Morgan fingerprint density at radius 1 is 0.824 bits per heavy atom. The largest absolute Gasteiger partial charge is 0.493 e. The van der Waals surface area contributed by atoms with E-state index >= 15 is 0 Å². The Morgan fingerprint density at radius 2 is 1.53 bits per heavy atom. The van der Waals surface area contributed by atoms with E-state index in [1.165, 1.54) is 11.1 Å². The van der Waals surface area contributed by atoms with Crippen LogP contribution in [0.2, 0.25) is 0 Å². The molecule has 0 bridgehead atoms. The molecule has 0 saturated carbocycles. The zero-order valence-corrected chi connectivity index (χ0v) is 10.4.